The van der Waals surface area contributed by atoms with Crippen molar-refractivity contribution in [1.29, 1.82) is 0 Å². The smallest absolute Gasteiger partial charge is 0.387 e. The number of aliphatic imine (C=N–C) groups is 1. The number of rotatable bonds is 8. The van der Waals surface area contributed by atoms with Gasteiger partial charge in [0.05, 0.1) is 12.5 Å². The molecular formula is C17H26F2N4O3. The normalized spacial score (nSPS) is 11.9. The number of amides is 1. The molecule has 0 aliphatic heterocycles. The SMILES string of the molecule is CN=C(NCc1cc(OC)ccc1OC(F)F)NCC(C)(C)C(=O)NC. The van der Waals surface area contributed by atoms with Gasteiger partial charge in [0.2, 0.25) is 5.91 Å². The summed E-state index contributed by atoms with van der Waals surface area (Å²) in [4.78, 5) is 15.9. The fourth-order valence-corrected chi connectivity index (χ4v) is 2.15. The number of methoxy groups -OCH3 is 1. The van der Waals surface area contributed by atoms with Crippen LogP contribution < -0.4 is 25.4 Å². The fraction of sp³-hybridized carbons (Fsp3) is 0.529. The molecular weight excluding hydrogens is 346 g/mol. The molecule has 0 fully saturated rings. The van der Waals surface area contributed by atoms with Gasteiger partial charge in [0, 0.05) is 32.7 Å². The summed E-state index contributed by atoms with van der Waals surface area (Å²) < 4.78 is 34.8. The van der Waals surface area contributed by atoms with Crippen LogP contribution >= 0.6 is 0 Å². The highest BCUT2D eigenvalue weighted by Gasteiger charge is 2.26. The highest BCUT2D eigenvalue weighted by Crippen LogP contribution is 2.25. The van der Waals surface area contributed by atoms with E-state index in [0.717, 1.165) is 0 Å². The van der Waals surface area contributed by atoms with E-state index >= 15 is 0 Å². The summed E-state index contributed by atoms with van der Waals surface area (Å²) in [7, 11) is 4.64. The molecule has 146 valence electrons. The molecule has 3 N–H and O–H groups in total. The molecule has 0 saturated heterocycles. The molecule has 0 unspecified atom stereocenters. The van der Waals surface area contributed by atoms with Crippen LogP contribution in [0, 0.1) is 5.41 Å². The van der Waals surface area contributed by atoms with Gasteiger partial charge in [-0.15, -0.1) is 0 Å². The monoisotopic (exact) mass is 372 g/mol. The highest BCUT2D eigenvalue weighted by atomic mass is 19.3. The fourth-order valence-electron chi connectivity index (χ4n) is 2.15. The summed E-state index contributed by atoms with van der Waals surface area (Å²) in [6, 6.07) is 4.57. The van der Waals surface area contributed by atoms with E-state index in [1.54, 1.807) is 40.1 Å². The van der Waals surface area contributed by atoms with Gasteiger partial charge in [0.1, 0.15) is 11.5 Å². The number of carbonyl (C=O) groups excluding carboxylic acids is 1. The molecule has 0 atom stereocenters. The van der Waals surface area contributed by atoms with Crippen molar-refractivity contribution in [3.8, 4) is 11.5 Å². The quantitative estimate of drug-likeness (QED) is 0.478. The maximum absolute atomic E-state index is 12.6. The summed E-state index contributed by atoms with van der Waals surface area (Å²) in [5.74, 6) is 0.884. The summed E-state index contributed by atoms with van der Waals surface area (Å²) in [5, 5.41) is 8.65. The number of benzene rings is 1. The number of halogens is 2. The molecule has 9 heteroatoms. The van der Waals surface area contributed by atoms with E-state index in [1.807, 2.05) is 0 Å². The average molecular weight is 372 g/mol. The maximum atomic E-state index is 12.6. The molecule has 26 heavy (non-hydrogen) atoms. The summed E-state index contributed by atoms with van der Waals surface area (Å²) in [5.41, 5.74) is -0.162. The predicted octanol–water partition coefficient (Wildman–Crippen LogP) is 1.73. The van der Waals surface area contributed by atoms with Crippen LogP contribution in [0.15, 0.2) is 23.2 Å². The van der Waals surface area contributed by atoms with Crippen molar-refractivity contribution in [2.24, 2.45) is 10.4 Å². The van der Waals surface area contributed by atoms with Crippen molar-refractivity contribution >= 4 is 11.9 Å². The number of nitrogens with one attached hydrogen (secondary N) is 3. The third-order valence-electron chi connectivity index (χ3n) is 3.69. The largest absolute Gasteiger partial charge is 0.497 e. The molecule has 0 saturated carbocycles. The second-order valence-corrected chi connectivity index (χ2v) is 6.09. The van der Waals surface area contributed by atoms with Crippen molar-refractivity contribution in [3.05, 3.63) is 23.8 Å². The Balaban J connectivity index is 2.77. The van der Waals surface area contributed by atoms with Crippen LogP contribution in [0.3, 0.4) is 0 Å². The molecule has 0 radical (unpaired) electrons. The summed E-state index contributed by atoms with van der Waals surface area (Å²) >= 11 is 0. The first kappa shape index (κ1) is 21.5. The lowest BCUT2D eigenvalue weighted by atomic mass is 9.92. The first-order valence-electron chi connectivity index (χ1n) is 8.02. The minimum Gasteiger partial charge on any atom is -0.497 e. The van der Waals surface area contributed by atoms with Gasteiger partial charge in [-0.3, -0.25) is 9.79 Å². The first-order chi connectivity index (χ1) is 12.2. The lowest BCUT2D eigenvalue weighted by molar-refractivity contribution is -0.128. The lowest BCUT2D eigenvalue weighted by Crippen LogP contribution is -2.47. The average Bonchev–Trinajstić information content (AvgIpc) is 2.61. The van der Waals surface area contributed by atoms with Gasteiger partial charge in [-0.25, -0.2) is 0 Å². The van der Waals surface area contributed by atoms with E-state index in [2.05, 4.69) is 25.7 Å². The number of ether oxygens (including phenoxy) is 2. The van der Waals surface area contributed by atoms with Crippen LogP contribution in [0.5, 0.6) is 11.5 Å². The van der Waals surface area contributed by atoms with Gasteiger partial charge in [-0.05, 0) is 32.0 Å². The topological polar surface area (TPSA) is 84.0 Å². The van der Waals surface area contributed by atoms with E-state index in [4.69, 9.17) is 4.74 Å². The molecule has 0 bridgehead atoms. The van der Waals surface area contributed by atoms with E-state index in [-0.39, 0.29) is 18.2 Å². The maximum Gasteiger partial charge on any atom is 0.387 e. The molecule has 0 aliphatic carbocycles. The van der Waals surface area contributed by atoms with Crippen molar-refractivity contribution < 1.29 is 23.0 Å². The Morgan fingerprint density at radius 3 is 2.54 bits per heavy atom. The van der Waals surface area contributed by atoms with E-state index in [9.17, 15) is 13.6 Å². The number of guanidine groups is 1. The predicted molar refractivity (Wildman–Crippen MR) is 95.7 cm³/mol. The summed E-state index contributed by atoms with van der Waals surface area (Å²) in [6.07, 6.45) is 0. The number of hydrogen-bond donors (Lipinski definition) is 3. The van der Waals surface area contributed by atoms with Crippen molar-refractivity contribution in [1.82, 2.24) is 16.0 Å². The number of nitrogens with zero attached hydrogens (tertiary/aromatic N) is 1. The van der Waals surface area contributed by atoms with Gasteiger partial charge in [0.25, 0.3) is 0 Å². The second kappa shape index (κ2) is 9.79. The molecule has 0 aromatic heterocycles. The van der Waals surface area contributed by atoms with E-state index in [0.29, 0.717) is 23.8 Å². The zero-order valence-corrected chi connectivity index (χ0v) is 15.7. The van der Waals surface area contributed by atoms with Crippen molar-refractivity contribution in [2.75, 3.05) is 27.7 Å². The Kier molecular flexibility index (Phi) is 8.08. The Morgan fingerprint density at radius 1 is 1.31 bits per heavy atom. The number of carbonyl (C=O) groups is 1. The zero-order valence-electron chi connectivity index (χ0n) is 15.7. The minimum atomic E-state index is -2.92. The van der Waals surface area contributed by atoms with Crippen LogP contribution in [0.4, 0.5) is 8.78 Å². The van der Waals surface area contributed by atoms with E-state index < -0.39 is 12.0 Å². The van der Waals surface area contributed by atoms with Crippen LogP contribution in [-0.4, -0.2) is 46.2 Å². The van der Waals surface area contributed by atoms with Crippen LogP contribution in [0.25, 0.3) is 0 Å². The van der Waals surface area contributed by atoms with Crippen LogP contribution in [0.2, 0.25) is 0 Å². The molecule has 1 aromatic rings. The number of alkyl halides is 2. The van der Waals surface area contributed by atoms with E-state index in [1.165, 1.54) is 13.2 Å². The molecule has 0 spiro atoms. The Morgan fingerprint density at radius 2 is 2.00 bits per heavy atom. The Hall–Kier alpha value is -2.58. The van der Waals surface area contributed by atoms with Gasteiger partial charge < -0.3 is 25.4 Å². The molecule has 0 aliphatic rings. The van der Waals surface area contributed by atoms with Gasteiger partial charge in [0.15, 0.2) is 5.96 Å². The lowest BCUT2D eigenvalue weighted by Gasteiger charge is -2.24. The number of hydrogen-bond acceptors (Lipinski definition) is 4. The summed E-state index contributed by atoms with van der Waals surface area (Å²) in [6.45, 7) is 1.18. The minimum absolute atomic E-state index is 0.0504. The third-order valence-corrected chi connectivity index (χ3v) is 3.69. The highest BCUT2D eigenvalue weighted by molar-refractivity contribution is 5.84. The molecule has 1 aromatic carbocycles. The van der Waals surface area contributed by atoms with Crippen molar-refractivity contribution in [2.45, 2.75) is 27.0 Å². The molecule has 1 rings (SSSR count). The molecule has 0 heterocycles. The van der Waals surface area contributed by atoms with Gasteiger partial charge in [-0.2, -0.15) is 8.78 Å². The first-order valence-corrected chi connectivity index (χ1v) is 8.02. The van der Waals surface area contributed by atoms with Gasteiger partial charge in [-0.1, -0.05) is 0 Å². The Bertz CT molecular complexity index is 636. The second-order valence-electron chi connectivity index (χ2n) is 6.09. The zero-order chi connectivity index (χ0) is 19.7. The standard InChI is InChI=1S/C17H26F2N4O3/c1-17(2,14(24)20-3)10-23-16(21-4)22-9-11-8-12(25-5)6-7-13(11)26-15(18)19/h6-8,15H,9-10H2,1-5H3,(H,20,24)(H2,21,22,23). The van der Waals surface area contributed by atoms with Crippen molar-refractivity contribution in [3.63, 3.8) is 0 Å². The Labute approximate surface area is 152 Å². The van der Waals surface area contributed by atoms with Crippen LogP contribution in [-0.2, 0) is 11.3 Å². The van der Waals surface area contributed by atoms with Crippen LogP contribution in [0.1, 0.15) is 19.4 Å². The molecule has 1 amide bonds. The third kappa shape index (κ3) is 6.38. The molecule has 7 nitrogen and oxygen atoms in total. The van der Waals surface area contributed by atoms with Gasteiger partial charge >= 0.3 is 6.61 Å².